The molecule has 1 saturated heterocycles. The molecule has 8 heteroatoms. The van der Waals surface area contributed by atoms with Crippen molar-refractivity contribution in [2.45, 2.75) is 44.6 Å². The molecule has 1 unspecified atom stereocenters. The average molecular weight is 391 g/mol. The van der Waals surface area contributed by atoms with Crippen LogP contribution in [0.15, 0.2) is 43.0 Å². The fourth-order valence-electron chi connectivity index (χ4n) is 4.05. The predicted octanol–water partition coefficient (Wildman–Crippen LogP) is 3.52. The number of hydrogen-bond acceptors (Lipinski definition) is 4. The van der Waals surface area contributed by atoms with E-state index in [9.17, 15) is 4.79 Å². The van der Waals surface area contributed by atoms with Crippen LogP contribution in [-0.4, -0.2) is 48.6 Å². The smallest absolute Gasteiger partial charge is 0.321 e. The molecule has 2 aliphatic rings. The molecule has 2 aromatic heterocycles. The van der Waals surface area contributed by atoms with E-state index in [0.717, 1.165) is 42.1 Å². The largest absolute Gasteiger partial charge is 0.324 e. The van der Waals surface area contributed by atoms with Crippen LogP contribution in [0.1, 0.15) is 49.0 Å². The average Bonchev–Trinajstić information content (AvgIpc) is 3.23. The second kappa shape index (κ2) is 7.35. The molecule has 0 spiro atoms. The van der Waals surface area contributed by atoms with Crippen molar-refractivity contribution in [1.82, 2.24) is 29.4 Å². The molecule has 3 aromatic rings. The monoisotopic (exact) mass is 391 g/mol. The molecule has 1 N–H and O–H groups in total. The zero-order valence-electron chi connectivity index (χ0n) is 16.5. The molecule has 2 fully saturated rings. The van der Waals surface area contributed by atoms with E-state index >= 15 is 0 Å². The van der Waals surface area contributed by atoms with Crippen molar-refractivity contribution in [3.05, 3.63) is 54.4 Å². The Morgan fingerprint density at radius 2 is 2.14 bits per heavy atom. The van der Waals surface area contributed by atoms with Crippen molar-refractivity contribution in [3.8, 4) is 5.69 Å². The lowest BCUT2D eigenvalue weighted by molar-refractivity contribution is 0.190. The Hall–Kier alpha value is -3.16. The summed E-state index contributed by atoms with van der Waals surface area (Å²) < 4.78 is 4.00. The van der Waals surface area contributed by atoms with E-state index in [-0.39, 0.29) is 11.9 Å². The summed E-state index contributed by atoms with van der Waals surface area (Å²) in [4.78, 5) is 14.9. The van der Waals surface area contributed by atoms with Crippen molar-refractivity contribution in [1.29, 1.82) is 0 Å². The summed E-state index contributed by atoms with van der Waals surface area (Å²) in [6.45, 7) is 3.44. The van der Waals surface area contributed by atoms with Gasteiger partial charge < -0.3 is 14.8 Å². The van der Waals surface area contributed by atoms with Crippen molar-refractivity contribution < 1.29 is 4.79 Å². The third-order valence-corrected chi connectivity index (χ3v) is 5.85. The molecule has 1 aliphatic heterocycles. The van der Waals surface area contributed by atoms with Gasteiger partial charge in [-0.2, -0.15) is 5.10 Å². The van der Waals surface area contributed by atoms with E-state index < -0.39 is 0 Å². The highest BCUT2D eigenvalue weighted by Crippen LogP contribution is 2.38. The number of nitrogens with zero attached hydrogens (tertiary/aromatic N) is 6. The number of anilines is 1. The quantitative estimate of drug-likeness (QED) is 0.738. The van der Waals surface area contributed by atoms with Crippen LogP contribution in [0.5, 0.6) is 0 Å². The molecule has 150 valence electrons. The first-order valence-corrected chi connectivity index (χ1v) is 10.2. The molecule has 3 heterocycles. The number of hydrogen-bond donors (Lipinski definition) is 1. The summed E-state index contributed by atoms with van der Waals surface area (Å²) in [5.41, 5.74) is 2.76. The summed E-state index contributed by atoms with van der Waals surface area (Å²) in [6, 6.07) is 8.34. The normalized spacial score (nSPS) is 19.3. The van der Waals surface area contributed by atoms with Gasteiger partial charge in [0, 0.05) is 43.1 Å². The number of aryl methyl sites for hydroxylation is 1. The number of piperidine rings is 1. The van der Waals surface area contributed by atoms with Crippen LogP contribution < -0.4 is 5.32 Å². The van der Waals surface area contributed by atoms with Crippen LogP contribution in [0.4, 0.5) is 10.5 Å². The highest BCUT2D eigenvalue weighted by Gasteiger charge is 2.32. The van der Waals surface area contributed by atoms with Gasteiger partial charge in [-0.05, 0) is 56.4 Å². The molecule has 2 amide bonds. The van der Waals surface area contributed by atoms with Gasteiger partial charge in [0.2, 0.25) is 0 Å². The first kappa shape index (κ1) is 17.9. The van der Waals surface area contributed by atoms with Gasteiger partial charge in [-0.3, -0.25) is 0 Å². The molecule has 29 heavy (non-hydrogen) atoms. The number of carbonyl (C=O) groups excluding carboxylic acids is 1. The van der Waals surface area contributed by atoms with E-state index in [1.807, 2.05) is 48.6 Å². The van der Waals surface area contributed by atoms with Gasteiger partial charge in [0.1, 0.15) is 12.2 Å². The van der Waals surface area contributed by atoms with Gasteiger partial charge in [0.15, 0.2) is 0 Å². The van der Waals surface area contributed by atoms with Gasteiger partial charge in [-0.25, -0.2) is 9.48 Å². The molecule has 1 atom stereocenters. The predicted molar refractivity (Wildman–Crippen MR) is 109 cm³/mol. The first-order chi connectivity index (χ1) is 14.2. The topological polar surface area (TPSA) is 80.9 Å². The van der Waals surface area contributed by atoms with Crippen molar-refractivity contribution in [3.63, 3.8) is 0 Å². The zero-order chi connectivity index (χ0) is 19.8. The SMILES string of the molecule is Cc1ccc(-n2cccn2)cc1NC(=O)N1CCCC(c2nncn2C2CC2)C1. The fraction of sp³-hybridized carbons (Fsp3) is 0.429. The summed E-state index contributed by atoms with van der Waals surface area (Å²) >= 11 is 0. The van der Waals surface area contributed by atoms with Crippen LogP contribution in [0.25, 0.3) is 5.69 Å². The second-order valence-electron chi connectivity index (χ2n) is 7.99. The minimum atomic E-state index is -0.0621. The van der Waals surface area contributed by atoms with E-state index in [4.69, 9.17) is 0 Å². The Bertz CT molecular complexity index is 1010. The van der Waals surface area contributed by atoms with E-state index in [1.54, 1.807) is 10.9 Å². The maximum atomic E-state index is 13.0. The van der Waals surface area contributed by atoms with Gasteiger partial charge in [-0.1, -0.05) is 6.07 Å². The molecule has 5 rings (SSSR count). The fourth-order valence-corrected chi connectivity index (χ4v) is 4.05. The van der Waals surface area contributed by atoms with Crippen LogP contribution in [0.3, 0.4) is 0 Å². The van der Waals surface area contributed by atoms with Crippen molar-refractivity contribution in [2.75, 3.05) is 18.4 Å². The highest BCUT2D eigenvalue weighted by atomic mass is 16.2. The van der Waals surface area contributed by atoms with Crippen molar-refractivity contribution in [2.24, 2.45) is 0 Å². The number of carbonyl (C=O) groups is 1. The lowest BCUT2D eigenvalue weighted by atomic mass is 9.97. The van der Waals surface area contributed by atoms with Crippen LogP contribution in [0, 0.1) is 6.92 Å². The van der Waals surface area contributed by atoms with Crippen LogP contribution in [-0.2, 0) is 0 Å². The lowest BCUT2D eigenvalue weighted by Gasteiger charge is -2.32. The second-order valence-corrected chi connectivity index (χ2v) is 7.99. The van der Waals surface area contributed by atoms with Gasteiger partial charge >= 0.3 is 6.03 Å². The number of urea groups is 1. The summed E-state index contributed by atoms with van der Waals surface area (Å²) in [6.07, 6.45) is 9.90. The first-order valence-electron chi connectivity index (χ1n) is 10.2. The van der Waals surface area contributed by atoms with Gasteiger partial charge in [-0.15, -0.1) is 10.2 Å². The summed E-state index contributed by atoms with van der Waals surface area (Å²) in [7, 11) is 0. The molecule has 0 radical (unpaired) electrons. The Labute approximate surface area is 169 Å². The Morgan fingerprint density at radius 3 is 2.93 bits per heavy atom. The minimum absolute atomic E-state index is 0.0621. The van der Waals surface area contributed by atoms with E-state index in [1.165, 1.54) is 12.8 Å². The Kier molecular flexibility index (Phi) is 4.54. The van der Waals surface area contributed by atoms with Gasteiger partial charge in [0.25, 0.3) is 0 Å². The third kappa shape index (κ3) is 3.62. The van der Waals surface area contributed by atoms with Crippen LogP contribution in [0.2, 0.25) is 0 Å². The molecule has 1 aliphatic carbocycles. The number of amides is 2. The van der Waals surface area contributed by atoms with Crippen LogP contribution >= 0.6 is 0 Å². The molecular formula is C21H25N7O. The number of nitrogens with one attached hydrogen (secondary N) is 1. The number of benzene rings is 1. The molecule has 8 nitrogen and oxygen atoms in total. The molecule has 1 aromatic carbocycles. The van der Waals surface area contributed by atoms with Crippen molar-refractivity contribution >= 4 is 11.7 Å². The molecule has 1 saturated carbocycles. The lowest BCUT2D eigenvalue weighted by Crippen LogP contribution is -2.42. The maximum absolute atomic E-state index is 13.0. The van der Waals surface area contributed by atoms with E-state index in [2.05, 4.69) is 25.2 Å². The highest BCUT2D eigenvalue weighted by molar-refractivity contribution is 5.90. The maximum Gasteiger partial charge on any atom is 0.321 e. The zero-order valence-corrected chi connectivity index (χ0v) is 16.5. The van der Waals surface area contributed by atoms with Gasteiger partial charge in [0.05, 0.1) is 5.69 Å². The molecular weight excluding hydrogens is 366 g/mol. The Balaban J connectivity index is 1.30. The minimum Gasteiger partial charge on any atom is -0.324 e. The standard InChI is InChI=1S/C21H25N7O/c1-15-5-6-18(28-11-3-9-23-28)12-19(15)24-21(29)26-10-2-4-16(13-26)20-25-22-14-27(20)17-7-8-17/h3,5-6,9,11-12,14,16-17H,2,4,7-8,10,13H2,1H3,(H,24,29). The third-order valence-electron chi connectivity index (χ3n) is 5.85. The number of rotatable bonds is 4. The summed E-state index contributed by atoms with van der Waals surface area (Å²) in [5, 5.41) is 15.9. The summed E-state index contributed by atoms with van der Waals surface area (Å²) in [5.74, 6) is 1.27. The van der Waals surface area contributed by atoms with E-state index in [0.29, 0.717) is 12.6 Å². The number of likely N-dealkylation sites (tertiary alicyclic amines) is 1. The molecule has 0 bridgehead atoms. The number of aromatic nitrogens is 5. The Morgan fingerprint density at radius 1 is 1.24 bits per heavy atom.